The van der Waals surface area contributed by atoms with E-state index in [-0.39, 0.29) is 0 Å². The molecule has 4 heteroatoms. The van der Waals surface area contributed by atoms with Crippen molar-refractivity contribution in [1.82, 2.24) is 0 Å². The summed E-state index contributed by atoms with van der Waals surface area (Å²) in [6.07, 6.45) is 4.66. The van der Waals surface area contributed by atoms with Crippen LogP contribution in [-0.4, -0.2) is 0 Å². The molecule has 0 fully saturated rings. The minimum absolute atomic E-state index is 0.596. The van der Waals surface area contributed by atoms with Gasteiger partial charge in [-0.25, -0.2) is 0 Å². The first-order valence-corrected chi connectivity index (χ1v) is 13.6. The molecule has 0 unspecified atom stereocenters. The number of halogens is 2. The first-order valence-electron chi connectivity index (χ1n) is 6.37. The van der Waals surface area contributed by atoms with Crippen molar-refractivity contribution in [3.8, 4) is 10.4 Å². The average Bonchev–Trinajstić information content (AvgIpc) is 3.08. The van der Waals surface area contributed by atoms with E-state index in [0.29, 0.717) is 5.92 Å². The molecular weight excluding hydrogens is 386 g/mol. The van der Waals surface area contributed by atoms with E-state index in [1.165, 1.54) is 27.1 Å². The molecule has 0 saturated heterocycles. The van der Waals surface area contributed by atoms with E-state index in [1.807, 2.05) is 11.3 Å². The quantitative estimate of drug-likeness (QED) is 0.546. The number of benzene rings is 1. The van der Waals surface area contributed by atoms with Crippen molar-refractivity contribution >= 4 is 34.4 Å². The summed E-state index contributed by atoms with van der Waals surface area (Å²) in [5.74, 6) is 0.596. The second-order valence-corrected chi connectivity index (χ2v) is 9.48. The Morgan fingerprint density at radius 3 is 2.45 bits per heavy atom. The molecule has 1 radical (unpaired) electrons. The van der Waals surface area contributed by atoms with Gasteiger partial charge in [0, 0.05) is 11.3 Å². The Bertz CT molecular complexity index is 589. The molecule has 3 rings (SSSR count). The van der Waals surface area contributed by atoms with Crippen LogP contribution in [0.3, 0.4) is 0 Å². The molecule has 1 aliphatic rings. The summed E-state index contributed by atoms with van der Waals surface area (Å²) in [5.41, 5.74) is 5.55. The van der Waals surface area contributed by atoms with Gasteiger partial charge in [0.25, 0.3) is 0 Å². The third-order valence-corrected chi connectivity index (χ3v) is 4.13. The van der Waals surface area contributed by atoms with Crippen LogP contribution in [0.4, 0.5) is 0 Å². The Balaban J connectivity index is 0.000000452. The predicted molar refractivity (Wildman–Crippen MR) is 87.7 cm³/mol. The van der Waals surface area contributed by atoms with E-state index >= 15 is 0 Å². The number of hydrogen-bond acceptors (Lipinski definition) is 1. The first kappa shape index (κ1) is 16.5. The van der Waals surface area contributed by atoms with Gasteiger partial charge < -0.3 is 0 Å². The van der Waals surface area contributed by atoms with E-state index in [4.69, 9.17) is 17.0 Å². The fraction of sp³-hybridized carbons (Fsp3) is 0.188. The summed E-state index contributed by atoms with van der Waals surface area (Å²) in [5, 5.41) is 2.14. The van der Waals surface area contributed by atoms with Crippen molar-refractivity contribution in [2.24, 2.45) is 5.92 Å². The fourth-order valence-corrected chi connectivity index (χ4v) is 3.00. The third-order valence-electron chi connectivity index (χ3n) is 3.23. The van der Waals surface area contributed by atoms with Crippen molar-refractivity contribution in [3.63, 3.8) is 0 Å². The minimum atomic E-state index is -0.826. The Morgan fingerprint density at radius 2 is 1.85 bits per heavy atom. The van der Waals surface area contributed by atoms with Gasteiger partial charge in [0.1, 0.15) is 0 Å². The molecule has 0 N–H and O–H groups in total. The van der Waals surface area contributed by atoms with Gasteiger partial charge in [0.15, 0.2) is 0 Å². The Kier molecular flexibility index (Phi) is 6.55. The summed E-state index contributed by atoms with van der Waals surface area (Å²) >= 11 is 0.983. The van der Waals surface area contributed by atoms with Gasteiger partial charge in [-0.05, 0) is 34.1 Å². The maximum absolute atomic E-state index is 4.93. The van der Waals surface area contributed by atoms with Crippen LogP contribution < -0.4 is 0 Å². The Hall–Kier alpha value is 0.123. The summed E-state index contributed by atoms with van der Waals surface area (Å²) in [7, 11) is 9.87. The second-order valence-electron chi connectivity index (χ2n) is 4.80. The van der Waals surface area contributed by atoms with Crippen LogP contribution in [0.1, 0.15) is 25.0 Å². The van der Waals surface area contributed by atoms with Gasteiger partial charge in [-0.2, -0.15) is 0 Å². The molecule has 103 valence electrons. The summed E-state index contributed by atoms with van der Waals surface area (Å²) in [4.78, 5) is 1.36. The zero-order valence-corrected chi connectivity index (χ0v) is 16.1. The molecule has 1 aromatic carbocycles. The van der Waals surface area contributed by atoms with Gasteiger partial charge in [0.2, 0.25) is 0 Å². The molecule has 2 aromatic rings. The van der Waals surface area contributed by atoms with Crippen LogP contribution >= 0.6 is 28.4 Å². The molecule has 0 nitrogen and oxygen atoms in total. The molecule has 0 atom stereocenters. The zero-order chi connectivity index (χ0) is 14.5. The number of rotatable bonds is 2. The van der Waals surface area contributed by atoms with E-state index in [9.17, 15) is 0 Å². The number of fused-ring (bicyclic) bond motifs is 1. The average molecular weight is 401 g/mol. The molecule has 20 heavy (non-hydrogen) atoms. The molecule has 0 spiro atoms. The number of hydrogen-bond donors (Lipinski definition) is 0. The Morgan fingerprint density at radius 1 is 1.10 bits per heavy atom. The number of thiophene rings is 1. The van der Waals surface area contributed by atoms with Crippen LogP contribution in [0.2, 0.25) is 0 Å². The topological polar surface area (TPSA) is 0 Å². The van der Waals surface area contributed by atoms with E-state index in [2.05, 4.69) is 62.1 Å². The van der Waals surface area contributed by atoms with Crippen molar-refractivity contribution < 1.29 is 20.8 Å². The van der Waals surface area contributed by atoms with Crippen LogP contribution in [0.25, 0.3) is 16.5 Å². The maximum atomic E-state index is 4.93. The fourth-order valence-electron chi connectivity index (χ4n) is 2.24. The van der Waals surface area contributed by atoms with Crippen molar-refractivity contribution in [3.05, 3.63) is 58.8 Å². The SMILES string of the molecule is CC(C)C1=Cc2c(cccc2-c2cccs2)[CH]1.[Cl][Zr][Cl]. The number of allylic oxidation sites excluding steroid dienone is 1. The van der Waals surface area contributed by atoms with E-state index in [1.54, 1.807) is 0 Å². The van der Waals surface area contributed by atoms with Crippen LogP contribution in [0.15, 0.2) is 41.3 Å². The Labute approximate surface area is 143 Å². The van der Waals surface area contributed by atoms with Gasteiger partial charge in [-0.15, -0.1) is 11.3 Å². The van der Waals surface area contributed by atoms with Gasteiger partial charge >= 0.3 is 37.9 Å². The van der Waals surface area contributed by atoms with Crippen molar-refractivity contribution in [1.29, 1.82) is 0 Å². The summed E-state index contributed by atoms with van der Waals surface area (Å²) in [6, 6.07) is 10.9. The molecule has 1 heterocycles. The molecule has 1 aromatic heterocycles. The van der Waals surface area contributed by atoms with E-state index < -0.39 is 20.8 Å². The zero-order valence-electron chi connectivity index (χ0n) is 11.4. The van der Waals surface area contributed by atoms with Gasteiger partial charge in [-0.1, -0.05) is 49.8 Å². The van der Waals surface area contributed by atoms with Gasteiger partial charge in [0.05, 0.1) is 0 Å². The van der Waals surface area contributed by atoms with Crippen LogP contribution in [-0.2, 0) is 20.8 Å². The second kappa shape index (κ2) is 7.94. The summed E-state index contributed by atoms with van der Waals surface area (Å²) < 4.78 is 0. The van der Waals surface area contributed by atoms with E-state index in [0.717, 1.165) is 0 Å². The van der Waals surface area contributed by atoms with Crippen molar-refractivity contribution in [2.45, 2.75) is 13.8 Å². The molecule has 0 aliphatic heterocycles. The third kappa shape index (κ3) is 3.86. The first-order chi connectivity index (χ1) is 9.67. The molecule has 0 bridgehead atoms. The van der Waals surface area contributed by atoms with Crippen LogP contribution in [0.5, 0.6) is 0 Å². The normalized spacial score (nSPS) is 12.6. The monoisotopic (exact) mass is 399 g/mol. The van der Waals surface area contributed by atoms with Crippen LogP contribution in [0, 0.1) is 12.3 Å². The molecular formula is C16H15Cl2SZr. The molecule has 0 saturated carbocycles. The van der Waals surface area contributed by atoms with Gasteiger partial charge in [-0.3, -0.25) is 0 Å². The molecule has 0 amide bonds. The summed E-state index contributed by atoms with van der Waals surface area (Å²) in [6.45, 7) is 4.50. The standard InChI is InChI=1S/C16H15S.2ClH.Zr/c1-11(2)13-9-12-5-3-6-14(15(12)10-13)16-7-4-8-17-16;;;/h3-11H,1-2H3;2*1H;/q;;;+2/p-2. The molecule has 1 aliphatic carbocycles. The van der Waals surface area contributed by atoms with Crippen molar-refractivity contribution in [2.75, 3.05) is 0 Å². The predicted octanol–water partition coefficient (Wildman–Crippen LogP) is 6.40.